The lowest BCUT2D eigenvalue weighted by molar-refractivity contribution is -0.149. The molecule has 1 aliphatic rings. The van der Waals surface area contributed by atoms with E-state index >= 15 is 0 Å². The molecular formula is C34H38ClN3O6S2. The predicted octanol–water partition coefficient (Wildman–Crippen LogP) is 6.06. The summed E-state index contributed by atoms with van der Waals surface area (Å²) in [5.74, 6) is 0.594. The first-order valence-electron chi connectivity index (χ1n) is 14.9. The molecule has 1 unspecified atom stereocenters. The Morgan fingerprint density at radius 1 is 1.02 bits per heavy atom. The van der Waals surface area contributed by atoms with Crippen molar-refractivity contribution in [1.82, 2.24) is 14.1 Å². The van der Waals surface area contributed by atoms with Gasteiger partial charge in [0.15, 0.2) is 0 Å². The van der Waals surface area contributed by atoms with E-state index in [-0.39, 0.29) is 43.6 Å². The molecule has 244 valence electrons. The van der Waals surface area contributed by atoms with E-state index in [1.54, 1.807) is 54.2 Å². The van der Waals surface area contributed by atoms with Crippen molar-refractivity contribution in [2.75, 3.05) is 40.1 Å². The van der Waals surface area contributed by atoms with Gasteiger partial charge in [-0.3, -0.25) is 9.59 Å². The molecule has 0 N–H and O–H groups in total. The number of carbonyl (C=O) groups excluding carboxylic acids is 2. The summed E-state index contributed by atoms with van der Waals surface area (Å²) in [5.41, 5.74) is 1.10. The molecule has 12 heteroatoms. The Morgan fingerprint density at radius 2 is 1.76 bits per heavy atom. The number of methoxy groups -OCH3 is 2. The van der Waals surface area contributed by atoms with Crippen molar-refractivity contribution in [1.29, 1.82) is 0 Å². The molecule has 0 saturated carbocycles. The van der Waals surface area contributed by atoms with Gasteiger partial charge in [-0.2, -0.15) is 0 Å². The first kappa shape index (κ1) is 33.7. The molecule has 0 aliphatic carbocycles. The highest BCUT2D eigenvalue weighted by atomic mass is 35.5. The molecule has 1 aromatic heterocycles. The number of likely N-dealkylation sites (tertiary alicyclic amines) is 1. The van der Waals surface area contributed by atoms with Crippen LogP contribution in [0.3, 0.4) is 0 Å². The van der Waals surface area contributed by atoms with E-state index in [0.29, 0.717) is 40.6 Å². The highest BCUT2D eigenvalue weighted by Crippen LogP contribution is 2.37. The van der Waals surface area contributed by atoms with Crippen LogP contribution in [0.2, 0.25) is 5.02 Å². The molecule has 46 heavy (non-hydrogen) atoms. The molecular weight excluding hydrogens is 646 g/mol. The quantitative estimate of drug-likeness (QED) is 0.170. The number of halogens is 1. The van der Waals surface area contributed by atoms with Gasteiger partial charge in [0.1, 0.15) is 17.0 Å². The Bertz CT molecular complexity index is 1830. The minimum absolute atomic E-state index is 0.120. The monoisotopic (exact) mass is 683 g/mol. The Morgan fingerprint density at radius 3 is 2.43 bits per heavy atom. The van der Waals surface area contributed by atoms with Gasteiger partial charge in [-0.25, -0.2) is 12.7 Å². The Hall–Kier alpha value is -3.64. The van der Waals surface area contributed by atoms with E-state index < -0.39 is 15.6 Å². The van der Waals surface area contributed by atoms with Gasteiger partial charge in [0.25, 0.3) is 5.91 Å². The molecule has 1 aliphatic heterocycles. The van der Waals surface area contributed by atoms with E-state index in [4.69, 9.17) is 21.1 Å². The number of fused-ring (bicyclic) bond motifs is 1. The average Bonchev–Trinajstić information content (AvgIpc) is 3.48. The fourth-order valence-corrected chi connectivity index (χ4v) is 7.92. The molecule has 9 nitrogen and oxygen atoms in total. The summed E-state index contributed by atoms with van der Waals surface area (Å²) in [6.45, 7) is 2.84. The van der Waals surface area contributed by atoms with Gasteiger partial charge in [-0.05, 0) is 49.6 Å². The van der Waals surface area contributed by atoms with Crippen LogP contribution in [0.15, 0.2) is 72.1 Å². The van der Waals surface area contributed by atoms with E-state index in [9.17, 15) is 18.0 Å². The van der Waals surface area contributed by atoms with E-state index in [0.717, 1.165) is 15.6 Å². The van der Waals surface area contributed by atoms with Crippen LogP contribution in [0, 0.1) is 0 Å². The maximum atomic E-state index is 14.2. The summed E-state index contributed by atoms with van der Waals surface area (Å²) in [7, 11) is 0.938. The maximum absolute atomic E-state index is 14.2. The fourth-order valence-electron chi connectivity index (χ4n) is 5.71. The number of hydrogen-bond donors (Lipinski definition) is 0. The lowest BCUT2D eigenvalue weighted by atomic mass is 9.84. The van der Waals surface area contributed by atoms with Crippen molar-refractivity contribution in [2.45, 2.75) is 38.4 Å². The minimum atomic E-state index is -3.67. The van der Waals surface area contributed by atoms with Crippen molar-refractivity contribution in [3.63, 3.8) is 0 Å². The fraction of sp³-hybridized carbons (Fsp3) is 0.353. The molecule has 0 radical (unpaired) electrons. The van der Waals surface area contributed by atoms with Crippen LogP contribution in [0.5, 0.6) is 11.5 Å². The van der Waals surface area contributed by atoms with Crippen molar-refractivity contribution in [2.24, 2.45) is 0 Å². The zero-order valence-corrected chi connectivity index (χ0v) is 28.8. The molecule has 3 aromatic carbocycles. The molecule has 0 spiro atoms. The van der Waals surface area contributed by atoms with E-state index in [1.165, 1.54) is 29.8 Å². The number of hydrogen-bond acceptors (Lipinski definition) is 7. The van der Waals surface area contributed by atoms with Crippen LogP contribution in [-0.2, 0) is 27.9 Å². The third kappa shape index (κ3) is 7.02. The van der Waals surface area contributed by atoms with E-state index in [2.05, 4.69) is 0 Å². The van der Waals surface area contributed by atoms with Gasteiger partial charge < -0.3 is 19.3 Å². The normalized spacial score (nSPS) is 16.3. The first-order chi connectivity index (χ1) is 22.0. The minimum Gasteiger partial charge on any atom is -0.497 e. The lowest BCUT2D eigenvalue weighted by Crippen LogP contribution is -2.67. The van der Waals surface area contributed by atoms with Crippen molar-refractivity contribution in [3.8, 4) is 11.5 Å². The second-order valence-electron chi connectivity index (χ2n) is 11.6. The lowest BCUT2D eigenvalue weighted by Gasteiger charge is -2.51. The highest BCUT2D eigenvalue weighted by molar-refractivity contribution is 7.89. The van der Waals surface area contributed by atoms with Crippen molar-refractivity contribution in [3.05, 3.63) is 93.8 Å². The van der Waals surface area contributed by atoms with Gasteiger partial charge >= 0.3 is 0 Å². The summed E-state index contributed by atoms with van der Waals surface area (Å²) in [4.78, 5) is 31.3. The first-order valence-corrected chi connectivity index (χ1v) is 17.8. The van der Waals surface area contributed by atoms with Crippen LogP contribution in [-0.4, -0.2) is 80.0 Å². The van der Waals surface area contributed by atoms with Gasteiger partial charge in [0.2, 0.25) is 15.9 Å². The van der Waals surface area contributed by atoms with Crippen LogP contribution in [0.1, 0.15) is 41.3 Å². The Kier molecular flexibility index (Phi) is 10.3. The largest absolute Gasteiger partial charge is 0.497 e. The number of benzene rings is 3. The smallest absolute Gasteiger partial charge is 0.256 e. The third-order valence-corrected chi connectivity index (χ3v) is 11.7. The molecule has 5 rings (SSSR count). The van der Waals surface area contributed by atoms with Gasteiger partial charge in [0, 0.05) is 65.3 Å². The highest BCUT2D eigenvalue weighted by Gasteiger charge is 2.51. The average molecular weight is 684 g/mol. The van der Waals surface area contributed by atoms with Gasteiger partial charge in [-0.1, -0.05) is 48.0 Å². The standard InChI is InChI=1S/C34H38ClN3O6S2/c1-34(16-18-38(34)32(39)29-23-45-31-9-6-5-8-28(29)31)33(40)37(21-24-10-13-26(35)14-11-24)17-7-19-46(41,42)36(2)22-25-12-15-27(43-3)20-30(25)44-4/h5-6,8-15,20,23H,7,16-19,21-22H2,1-4H3. The zero-order valence-electron chi connectivity index (χ0n) is 26.4. The number of rotatable bonds is 13. The summed E-state index contributed by atoms with van der Waals surface area (Å²) < 4.78 is 39.7. The number of sulfonamides is 1. The van der Waals surface area contributed by atoms with Crippen LogP contribution in [0.25, 0.3) is 10.1 Å². The summed E-state index contributed by atoms with van der Waals surface area (Å²) >= 11 is 7.61. The Balaban J connectivity index is 1.30. The zero-order chi connectivity index (χ0) is 33.1. The predicted molar refractivity (Wildman–Crippen MR) is 182 cm³/mol. The van der Waals surface area contributed by atoms with Gasteiger partial charge in [-0.15, -0.1) is 11.3 Å². The SMILES string of the molecule is COc1ccc(CN(C)S(=O)(=O)CCCN(Cc2ccc(Cl)cc2)C(=O)C2(C)CCN2C(=O)c2csc3ccccc23)c(OC)c1. The molecule has 4 aromatic rings. The Labute approximate surface area is 279 Å². The molecule has 1 saturated heterocycles. The molecule has 0 bridgehead atoms. The number of nitrogens with zero attached hydrogens (tertiary/aromatic N) is 3. The van der Waals surface area contributed by atoms with Crippen LogP contribution < -0.4 is 9.47 Å². The summed E-state index contributed by atoms with van der Waals surface area (Å²) in [5, 5.41) is 3.30. The maximum Gasteiger partial charge on any atom is 0.256 e. The number of amides is 2. The van der Waals surface area contributed by atoms with Crippen molar-refractivity contribution < 1.29 is 27.5 Å². The third-order valence-electron chi connectivity index (χ3n) is 8.60. The molecule has 2 heterocycles. The van der Waals surface area contributed by atoms with Crippen LogP contribution >= 0.6 is 22.9 Å². The second-order valence-corrected chi connectivity index (χ2v) is 15.1. The number of carbonyl (C=O) groups is 2. The van der Waals surface area contributed by atoms with Crippen LogP contribution in [0.4, 0.5) is 0 Å². The molecule has 1 atom stereocenters. The molecule has 1 fully saturated rings. The summed E-state index contributed by atoms with van der Waals surface area (Å²) in [6, 6.07) is 20.2. The molecule has 2 amide bonds. The van der Waals surface area contributed by atoms with Crippen molar-refractivity contribution >= 4 is 54.9 Å². The van der Waals surface area contributed by atoms with E-state index in [1.807, 2.05) is 41.8 Å². The number of ether oxygens (including phenoxy) is 2. The van der Waals surface area contributed by atoms with Gasteiger partial charge in [0.05, 0.1) is 25.5 Å². The topological polar surface area (TPSA) is 96.5 Å². The summed E-state index contributed by atoms with van der Waals surface area (Å²) in [6.07, 6.45) is 0.729. The second kappa shape index (κ2) is 14.0. The number of thiophene rings is 1.